The van der Waals surface area contributed by atoms with Gasteiger partial charge in [0.15, 0.2) is 11.6 Å². The molecule has 3 nitrogen and oxygen atoms in total. The molecular formula is C23H21FN2OS. The van der Waals surface area contributed by atoms with E-state index in [1.807, 2.05) is 6.20 Å². The fourth-order valence-electron chi connectivity index (χ4n) is 4.36. The number of halogens is 1. The molecule has 2 aliphatic heterocycles. The van der Waals surface area contributed by atoms with Gasteiger partial charge in [-0.25, -0.2) is 4.39 Å². The van der Waals surface area contributed by atoms with Crippen LogP contribution in [0.4, 0.5) is 10.1 Å². The molecule has 2 aromatic carbocycles. The van der Waals surface area contributed by atoms with Crippen molar-refractivity contribution in [1.29, 1.82) is 0 Å². The highest BCUT2D eigenvalue weighted by Gasteiger charge is 2.30. The van der Waals surface area contributed by atoms with Crippen molar-refractivity contribution in [1.82, 2.24) is 4.98 Å². The Hall–Kier alpha value is -2.53. The lowest BCUT2D eigenvalue weighted by Gasteiger charge is -2.33. The normalized spacial score (nSPS) is 17.5. The lowest BCUT2D eigenvalue weighted by atomic mass is 9.93. The Morgan fingerprint density at radius 2 is 1.75 bits per heavy atom. The second-order valence-electron chi connectivity index (χ2n) is 7.42. The van der Waals surface area contributed by atoms with Gasteiger partial charge in [-0.2, -0.15) is 12.6 Å². The summed E-state index contributed by atoms with van der Waals surface area (Å²) in [5, 5.41) is 0.332. The first-order valence-electron chi connectivity index (χ1n) is 9.54. The van der Waals surface area contributed by atoms with Crippen molar-refractivity contribution in [3.8, 4) is 28.0 Å². The molecule has 1 atom stereocenters. The van der Waals surface area contributed by atoms with Gasteiger partial charge in [0, 0.05) is 35.8 Å². The van der Waals surface area contributed by atoms with Crippen molar-refractivity contribution < 1.29 is 9.13 Å². The number of anilines is 1. The van der Waals surface area contributed by atoms with Gasteiger partial charge in [0.1, 0.15) is 0 Å². The van der Waals surface area contributed by atoms with Gasteiger partial charge in [-0.15, -0.1) is 0 Å². The summed E-state index contributed by atoms with van der Waals surface area (Å²) >= 11 is 4.75. The number of thiol groups is 1. The molecule has 2 aliphatic rings. The lowest BCUT2D eigenvalue weighted by Crippen LogP contribution is -2.33. The Morgan fingerprint density at radius 1 is 1.00 bits per heavy atom. The second-order valence-corrected chi connectivity index (χ2v) is 8.01. The maximum Gasteiger partial charge on any atom is 0.165 e. The molecule has 28 heavy (non-hydrogen) atoms. The van der Waals surface area contributed by atoms with Crippen LogP contribution in [0.1, 0.15) is 17.5 Å². The summed E-state index contributed by atoms with van der Waals surface area (Å²) in [6.45, 7) is 1.05. The maximum atomic E-state index is 13.8. The zero-order valence-electron chi connectivity index (χ0n) is 15.7. The van der Waals surface area contributed by atoms with Crippen molar-refractivity contribution in [3.63, 3.8) is 0 Å². The van der Waals surface area contributed by atoms with Gasteiger partial charge in [0.05, 0.1) is 12.5 Å². The van der Waals surface area contributed by atoms with E-state index in [4.69, 9.17) is 17.4 Å². The summed E-state index contributed by atoms with van der Waals surface area (Å²) in [7, 11) is 1.48. The Labute approximate surface area is 169 Å². The number of pyridine rings is 1. The van der Waals surface area contributed by atoms with Crippen LogP contribution >= 0.6 is 12.6 Å². The number of rotatable bonds is 3. The average Bonchev–Trinajstić information content (AvgIpc) is 3.16. The molecule has 0 saturated carbocycles. The first kappa shape index (κ1) is 17.6. The van der Waals surface area contributed by atoms with Crippen molar-refractivity contribution in [3.05, 3.63) is 65.7 Å². The fourth-order valence-corrected chi connectivity index (χ4v) is 4.72. The molecule has 0 bridgehead atoms. The number of nitrogens with zero attached hydrogens (tertiary/aromatic N) is 2. The number of aromatic nitrogens is 1. The van der Waals surface area contributed by atoms with Crippen LogP contribution in [0.3, 0.4) is 0 Å². The molecule has 0 N–H and O–H groups in total. The Bertz CT molecular complexity index is 1070. The minimum absolute atomic E-state index is 0.242. The fraction of sp³-hybridized carbons (Fsp3) is 0.261. The Morgan fingerprint density at radius 3 is 2.54 bits per heavy atom. The quantitative estimate of drug-likeness (QED) is 0.626. The monoisotopic (exact) mass is 392 g/mol. The van der Waals surface area contributed by atoms with E-state index in [0.717, 1.165) is 42.5 Å². The standard InChI is InChI=1S/C23H21FN2OS/c1-27-21-11-14(2-4-20(21)24)18-10-19(13-25-12-18)17-8-15-3-5-22(28)26-7-6-16(9-17)23(15)26/h2,4,8-13,22,28H,3,5-7H2,1H3. The van der Waals surface area contributed by atoms with Gasteiger partial charge < -0.3 is 9.64 Å². The summed E-state index contributed by atoms with van der Waals surface area (Å²) in [6, 6.07) is 11.6. The largest absolute Gasteiger partial charge is 0.494 e. The molecule has 5 heteroatoms. The van der Waals surface area contributed by atoms with E-state index in [9.17, 15) is 4.39 Å². The van der Waals surface area contributed by atoms with Crippen LogP contribution in [0.2, 0.25) is 0 Å². The average molecular weight is 392 g/mol. The molecule has 142 valence electrons. The minimum atomic E-state index is -0.361. The molecule has 0 spiro atoms. The third-order valence-corrected chi connectivity index (χ3v) is 6.30. The molecule has 3 aromatic rings. The summed E-state index contributed by atoms with van der Waals surface area (Å²) < 4.78 is 18.9. The second kappa shape index (κ2) is 6.82. The van der Waals surface area contributed by atoms with Crippen LogP contribution in [0.25, 0.3) is 22.3 Å². The zero-order chi connectivity index (χ0) is 19.3. The number of methoxy groups -OCH3 is 1. The molecule has 0 amide bonds. The van der Waals surface area contributed by atoms with Crippen LogP contribution in [0.5, 0.6) is 5.75 Å². The highest BCUT2D eigenvalue weighted by atomic mass is 32.1. The van der Waals surface area contributed by atoms with E-state index < -0.39 is 0 Å². The Balaban J connectivity index is 1.56. The third-order valence-electron chi connectivity index (χ3n) is 5.76. The van der Waals surface area contributed by atoms with Gasteiger partial charge in [0.2, 0.25) is 0 Å². The predicted molar refractivity (Wildman–Crippen MR) is 114 cm³/mol. The number of hydrogen-bond donors (Lipinski definition) is 1. The Kier molecular flexibility index (Phi) is 4.27. The molecule has 5 rings (SSSR count). The van der Waals surface area contributed by atoms with Crippen LogP contribution < -0.4 is 9.64 Å². The first-order chi connectivity index (χ1) is 13.6. The highest BCUT2D eigenvalue weighted by Crippen LogP contribution is 2.42. The number of aryl methyl sites for hydroxylation is 1. The van der Waals surface area contributed by atoms with Crippen LogP contribution in [-0.4, -0.2) is 24.0 Å². The lowest BCUT2D eigenvalue weighted by molar-refractivity contribution is 0.387. The van der Waals surface area contributed by atoms with Crippen LogP contribution in [-0.2, 0) is 12.8 Å². The van der Waals surface area contributed by atoms with E-state index in [1.54, 1.807) is 18.3 Å². The van der Waals surface area contributed by atoms with Gasteiger partial charge in [0.25, 0.3) is 0 Å². The van der Waals surface area contributed by atoms with E-state index in [2.05, 4.69) is 28.1 Å². The predicted octanol–water partition coefficient (Wildman–Crippen LogP) is 5.13. The minimum Gasteiger partial charge on any atom is -0.494 e. The first-order valence-corrected chi connectivity index (χ1v) is 10.1. The molecule has 1 aromatic heterocycles. The van der Waals surface area contributed by atoms with E-state index in [0.29, 0.717) is 5.37 Å². The van der Waals surface area contributed by atoms with Crippen molar-refractivity contribution in [2.24, 2.45) is 0 Å². The number of ether oxygens (including phenoxy) is 1. The van der Waals surface area contributed by atoms with E-state index in [-0.39, 0.29) is 11.6 Å². The molecule has 0 aliphatic carbocycles. The smallest absolute Gasteiger partial charge is 0.165 e. The highest BCUT2D eigenvalue weighted by molar-refractivity contribution is 7.81. The summed E-state index contributed by atoms with van der Waals surface area (Å²) in [5.74, 6) is -0.119. The van der Waals surface area contributed by atoms with Crippen LogP contribution in [0.15, 0.2) is 48.8 Å². The molecule has 0 fully saturated rings. The van der Waals surface area contributed by atoms with Crippen molar-refractivity contribution in [2.75, 3.05) is 18.6 Å². The molecule has 3 heterocycles. The summed E-state index contributed by atoms with van der Waals surface area (Å²) in [6.07, 6.45) is 6.90. The number of hydrogen-bond acceptors (Lipinski definition) is 4. The van der Waals surface area contributed by atoms with E-state index in [1.165, 1.54) is 35.6 Å². The van der Waals surface area contributed by atoms with Crippen molar-refractivity contribution >= 4 is 18.3 Å². The van der Waals surface area contributed by atoms with Gasteiger partial charge in [-0.05, 0) is 71.8 Å². The summed E-state index contributed by atoms with van der Waals surface area (Å²) in [4.78, 5) is 6.88. The zero-order valence-corrected chi connectivity index (χ0v) is 16.5. The summed E-state index contributed by atoms with van der Waals surface area (Å²) in [5.41, 5.74) is 8.30. The van der Waals surface area contributed by atoms with Gasteiger partial charge in [-0.1, -0.05) is 6.07 Å². The molecule has 0 radical (unpaired) electrons. The SMILES string of the molecule is COc1cc(-c2cncc(-c3cc4c5c(c3)CCN5C(S)CC4)c2)ccc1F. The molecule has 1 unspecified atom stereocenters. The van der Waals surface area contributed by atoms with Gasteiger partial charge >= 0.3 is 0 Å². The molecule has 0 saturated heterocycles. The van der Waals surface area contributed by atoms with E-state index >= 15 is 0 Å². The van der Waals surface area contributed by atoms with Crippen molar-refractivity contribution in [2.45, 2.75) is 24.6 Å². The third kappa shape index (κ3) is 2.85. The maximum absolute atomic E-state index is 13.8. The topological polar surface area (TPSA) is 25.4 Å². The van der Waals surface area contributed by atoms with Gasteiger partial charge in [-0.3, -0.25) is 4.98 Å². The van der Waals surface area contributed by atoms with Crippen LogP contribution in [0, 0.1) is 5.82 Å². The number of benzene rings is 2. The molecular weight excluding hydrogens is 371 g/mol.